The molecule has 0 aliphatic carbocycles. The van der Waals surface area contributed by atoms with E-state index in [0.29, 0.717) is 11.8 Å². The number of piperidine rings is 1. The van der Waals surface area contributed by atoms with Gasteiger partial charge in [0.2, 0.25) is 10.0 Å². The minimum atomic E-state index is -3.20. The normalized spacial score (nSPS) is 29.2. The fourth-order valence-corrected chi connectivity index (χ4v) is 4.24. The third kappa shape index (κ3) is 5.12. The fourth-order valence-electron chi connectivity index (χ4n) is 2.23. The summed E-state index contributed by atoms with van der Waals surface area (Å²) in [5, 5.41) is 0. The molecule has 0 spiro atoms. The number of alkyl halides is 1. The highest BCUT2D eigenvalue weighted by Crippen LogP contribution is 2.16. The largest absolute Gasteiger partial charge is 0.306 e. The van der Waals surface area contributed by atoms with E-state index in [-0.39, 0.29) is 17.7 Å². The molecule has 0 aromatic rings. The van der Waals surface area contributed by atoms with E-state index in [2.05, 4.69) is 23.6 Å². The number of likely N-dealkylation sites (tertiary alicyclic amines) is 1. The van der Waals surface area contributed by atoms with Gasteiger partial charge in [-0.2, -0.15) is 0 Å². The van der Waals surface area contributed by atoms with Gasteiger partial charge in [-0.25, -0.2) is 13.1 Å². The lowest BCUT2D eigenvalue weighted by molar-refractivity contribution is 0.188. The van der Waals surface area contributed by atoms with E-state index in [1.807, 2.05) is 6.92 Å². The maximum Gasteiger partial charge on any atom is 0.212 e. The highest BCUT2D eigenvalue weighted by molar-refractivity contribution is 7.89. The monoisotopic (exact) mass is 282 g/mol. The van der Waals surface area contributed by atoms with Crippen LogP contribution in [-0.2, 0) is 10.0 Å². The van der Waals surface area contributed by atoms with Gasteiger partial charge in [0.1, 0.15) is 0 Å². The summed E-state index contributed by atoms with van der Waals surface area (Å²) in [5.74, 6) is 0.852. The molecule has 0 radical (unpaired) electrons. The van der Waals surface area contributed by atoms with E-state index in [0.717, 1.165) is 19.5 Å². The predicted molar refractivity (Wildman–Crippen MR) is 71.9 cm³/mol. The Bertz CT molecular complexity index is 334. The van der Waals surface area contributed by atoms with Gasteiger partial charge in [0.15, 0.2) is 0 Å². The summed E-state index contributed by atoms with van der Waals surface area (Å²) in [4.78, 5) is 2.23. The quantitative estimate of drug-likeness (QED) is 0.769. The van der Waals surface area contributed by atoms with Gasteiger partial charge in [-0.1, -0.05) is 13.8 Å². The van der Waals surface area contributed by atoms with Gasteiger partial charge in [-0.3, -0.25) is 0 Å². The Morgan fingerprint density at radius 2 is 2.18 bits per heavy atom. The topological polar surface area (TPSA) is 49.4 Å². The van der Waals surface area contributed by atoms with Crippen molar-refractivity contribution in [3.8, 4) is 0 Å². The predicted octanol–water partition coefficient (Wildman–Crippen LogP) is 1.12. The van der Waals surface area contributed by atoms with Crippen LogP contribution in [0.15, 0.2) is 0 Å². The van der Waals surface area contributed by atoms with E-state index in [1.165, 1.54) is 0 Å². The number of hydrogen-bond donors (Lipinski definition) is 1. The highest BCUT2D eigenvalue weighted by Gasteiger charge is 2.28. The molecule has 1 saturated heterocycles. The van der Waals surface area contributed by atoms with Gasteiger partial charge < -0.3 is 4.90 Å². The number of hydrogen-bond acceptors (Lipinski definition) is 3. The molecule has 3 atom stereocenters. The van der Waals surface area contributed by atoms with E-state index in [4.69, 9.17) is 11.6 Å². The Labute approximate surface area is 110 Å². The van der Waals surface area contributed by atoms with E-state index < -0.39 is 10.0 Å². The van der Waals surface area contributed by atoms with Crippen molar-refractivity contribution in [1.82, 2.24) is 9.62 Å². The molecule has 3 unspecified atom stereocenters. The molecule has 0 bridgehead atoms. The average Bonchev–Trinajstić information content (AvgIpc) is 2.21. The second kappa shape index (κ2) is 6.36. The first-order valence-corrected chi connectivity index (χ1v) is 8.27. The molecular weight excluding hydrogens is 260 g/mol. The second-order valence-corrected chi connectivity index (χ2v) is 7.40. The minimum Gasteiger partial charge on any atom is -0.306 e. The summed E-state index contributed by atoms with van der Waals surface area (Å²) in [6, 6.07) is 0.0683. The van der Waals surface area contributed by atoms with E-state index in [9.17, 15) is 8.42 Å². The second-order valence-electron chi connectivity index (χ2n) is 5.29. The van der Waals surface area contributed by atoms with Crippen molar-refractivity contribution >= 4 is 21.6 Å². The van der Waals surface area contributed by atoms with Crippen molar-refractivity contribution < 1.29 is 8.42 Å². The molecule has 1 heterocycles. The number of rotatable bonds is 5. The molecule has 1 rings (SSSR count). The Morgan fingerprint density at radius 1 is 1.53 bits per heavy atom. The molecule has 1 aliphatic rings. The van der Waals surface area contributed by atoms with Crippen LogP contribution in [0.1, 0.15) is 20.3 Å². The summed E-state index contributed by atoms with van der Waals surface area (Å²) in [5.41, 5.74) is 0. The molecule has 1 N–H and O–H groups in total. The number of halogens is 1. The zero-order valence-electron chi connectivity index (χ0n) is 10.8. The van der Waals surface area contributed by atoms with Crippen LogP contribution in [0, 0.1) is 11.8 Å². The first kappa shape index (κ1) is 15.2. The smallest absolute Gasteiger partial charge is 0.212 e. The maximum absolute atomic E-state index is 11.9. The standard InChI is InChI=1S/C11H23ClN2O2S/c1-9(6-12)8-17(15,16)13-11-4-5-14(3)7-10(11)2/h9-11,13H,4-8H2,1-3H3. The molecule has 6 heteroatoms. The minimum absolute atomic E-state index is 0.00395. The SMILES string of the molecule is CC(CCl)CS(=O)(=O)NC1CCN(C)CC1C. The van der Waals surface area contributed by atoms with Crippen molar-refractivity contribution in [1.29, 1.82) is 0 Å². The van der Waals surface area contributed by atoms with E-state index >= 15 is 0 Å². The summed E-state index contributed by atoms with van der Waals surface area (Å²) >= 11 is 5.65. The van der Waals surface area contributed by atoms with Gasteiger partial charge in [-0.05, 0) is 31.8 Å². The van der Waals surface area contributed by atoms with Crippen LogP contribution in [0.2, 0.25) is 0 Å². The van der Waals surface area contributed by atoms with Crippen molar-refractivity contribution in [3.05, 3.63) is 0 Å². The first-order valence-electron chi connectivity index (χ1n) is 6.08. The van der Waals surface area contributed by atoms with Gasteiger partial charge >= 0.3 is 0 Å². The maximum atomic E-state index is 11.9. The lowest BCUT2D eigenvalue weighted by atomic mass is 9.95. The summed E-state index contributed by atoms with van der Waals surface area (Å²) in [7, 11) is -1.13. The zero-order valence-corrected chi connectivity index (χ0v) is 12.4. The number of nitrogens with one attached hydrogen (secondary N) is 1. The van der Waals surface area contributed by atoms with E-state index in [1.54, 1.807) is 0 Å². The van der Waals surface area contributed by atoms with Crippen molar-refractivity contribution in [2.75, 3.05) is 31.8 Å². The van der Waals surface area contributed by atoms with Crippen LogP contribution in [0.3, 0.4) is 0 Å². The third-order valence-corrected chi connectivity index (χ3v) is 5.40. The molecule has 0 amide bonds. The third-order valence-electron chi connectivity index (χ3n) is 3.21. The molecule has 4 nitrogen and oxygen atoms in total. The molecule has 0 saturated carbocycles. The lowest BCUT2D eigenvalue weighted by Gasteiger charge is -2.35. The Balaban J connectivity index is 2.53. The van der Waals surface area contributed by atoms with Crippen LogP contribution < -0.4 is 4.72 Å². The number of nitrogens with zero attached hydrogens (tertiary/aromatic N) is 1. The number of sulfonamides is 1. The summed E-state index contributed by atoms with van der Waals surface area (Å²) < 4.78 is 26.6. The van der Waals surface area contributed by atoms with Crippen molar-refractivity contribution in [2.45, 2.75) is 26.3 Å². The van der Waals surface area contributed by atoms with Crippen molar-refractivity contribution in [3.63, 3.8) is 0 Å². The van der Waals surface area contributed by atoms with Gasteiger partial charge in [0.05, 0.1) is 5.75 Å². The molecule has 0 aromatic heterocycles. The average molecular weight is 283 g/mol. The Morgan fingerprint density at radius 3 is 2.71 bits per heavy atom. The molecule has 1 fully saturated rings. The van der Waals surface area contributed by atoms with Gasteiger partial charge in [-0.15, -0.1) is 11.6 Å². The summed E-state index contributed by atoms with van der Waals surface area (Å²) in [6.07, 6.45) is 0.881. The van der Waals surface area contributed by atoms with Gasteiger partial charge in [0, 0.05) is 18.5 Å². The molecule has 0 aromatic carbocycles. The first-order chi connectivity index (χ1) is 7.84. The fraction of sp³-hybridized carbons (Fsp3) is 1.00. The van der Waals surface area contributed by atoms with Crippen LogP contribution in [-0.4, -0.2) is 51.1 Å². The lowest BCUT2D eigenvalue weighted by Crippen LogP contribution is -2.49. The molecule has 1 aliphatic heterocycles. The molecule has 102 valence electrons. The molecular formula is C11H23ClN2O2S. The Hall–Kier alpha value is 0.160. The van der Waals surface area contributed by atoms with Crippen LogP contribution in [0.4, 0.5) is 0 Å². The van der Waals surface area contributed by atoms with Crippen LogP contribution in [0.25, 0.3) is 0 Å². The zero-order chi connectivity index (χ0) is 13.1. The highest BCUT2D eigenvalue weighted by atomic mass is 35.5. The summed E-state index contributed by atoms with van der Waals surface area (Å²) in [6.45, 7) is 5.83. The Kier molecular flexibility index (Phi) is 5.70. The molecule has 17 heavy (non-hydrogen) atoms. The van der Waals surface area contributed by atoms with Crippen LogP contribution >= 0.6 is 11.6 Å². The van der Waals surface area contributed by atoms with Gasteiger partial charge in [0.25, 0.3) is 0 Å². The van der Waals surface area contributed by atoms with Crippen LogP contribution in [0.5, 0.6) is 0 Å². The van der Waals surface area contributed by atoms with Crippen molar-refractivity contribution in [2.24, 2.45) is 11.8 Å².